The van der Waals surface area contributed by atoms with Gasteiger partial charge in [-0.3, -0.25) is 4.79 Å². The zero-order valence-corrected chi connectivity index (χ0v) is 18.5. The van der Waals surface area contributed by atoms with E-state index < -0.39 is 10.0 Å². The Morgan fingerprint density at radius 2 is 1.73 bits per heavy atom. The summed E-state index contributed by atoms with van der Waals surface area (Å²) < 4.78 is 32.1. The highest BCUT2D eigenvalue weighted by Gasteiger charge is 2.27. The zero-order chi connectivity index (χ0) is 21.6. The molecule has 0 bridgehead atoms. The summed E-state index contributed by atoms with van der Waals surface area (Å²) in [5.41, 5.74) is 1.38. The number of para-hydroxylation sites is 1. The molecule has 0 aromatic heterocycles. The zero-order valence-electron chi connectivity index (χ0n) is 16.9. The number of anilines is 1. The predicted octanol–water partition coefficient (Wildman–Crippen LogP) is 2.62. The third-order valence-electron chi connectivity index (χ3n) is 4.90. The fraction of sp³-hybridized carbons (Fsp3) is 0.381. The van der Waals surface area contributed by atoms with Crippen LogP contribution in [0.3, 0.4) is 0 Å². The second kappa shape index (κ2) is 10.1. The van der Waals surface area contributed by atoms with E-state index in [1.165, 1.54) is 4.31 Å². The van der Waals surface area contributed by atoms with E-state index in [4.69, 9.17) is 16.3 Å². The molecule has 30 heavy (non-hydrogen) atoms. The standard InChI is InChI=1S/C21H26ClN3O4S/c1-2-29-18-9-7-17(8-10-18)21(26)23-11-16-30(27,28)25-14-12-24(13-15-25)20-6-4-3-5-19(20)22/h3-10H,2,11-16H2,1H3,(H,23,26). The van der Waals surface area contributed by atoms with Crippen LogP contribution < -0.4 is 15.0 Å². The van der Waals surface area contributed by atoms with E-state index in [1.54, 1.807) is 24.3 Å². The Hall–Kier alpha value is -2.29. The first-order valence-corrected chi connectivity index (χ1v) is 11.9. The number of hydrogen-bond donors (Lipinski definition) is 1. The van der Waals surface area contributed by atoms with Crippen molar-refractivity contribution in [2.24, 2.45) is 0 Å². The van der Waals surface area contributed by atoms with Crippen molar-refractivity contribution < 1.29 is 17.9 Å². The monoisotopic (exact) mass is 451 g/mol. The highest BCUT2D eigenvalue weighted by Crippen LogP contribution is 2.26. The third kappa shape index (κ3) is 5.65. The normalized spacial score (nSPS) is 15.1. The molecular weight excluding hydrogens is 426 g/mol. The van der Waals surface area contributed by atoms with Gasteiger partial charge >= 0.3 is 0 Å². The molecule has 0 aliphatic carbocycles. The highest BCUT2D eigenvalue weighted by atomic mass is 35.5. The molecular formula is C21H26ClN3O4S. The van der Waals surface area contributed by atoms with Crippen LogP contribution in [0, 0.1) is 0 Å². The van der Waals surface area contributed by atoms with Crippen molar-refractivity contribution in [3.8, 4) is 5.75 Å². The maximum Gasteiger partial charge on any atom is 0.251 e. The highest BCUT2D eigenvalue weighted by molar-refractivity contribution is 7.89. The van der Waals surface area contributed by atoms with Gasteiger partial charge in [0.25, 0.3) is 5.91 Å². The lowest BCUT2D eigenvalue weighted by Crippen LogP contribution is -2.50. The number of rotatable bonds is 8. The Bertz CT molecular complexity index is 958. The molecule has 1 aliphatic rings. The average molecular weight is 452 g/mol. The maximum atomic E-state index is 12.6. The van der Waals surface area contributed by atoms with Crippen molar-refractivity contribution in [3.63, 3.8) is 0 Å². The van der Waals surface area contributed by atoms with Crippen molar-refractivity contribution in [1.29, 1.82) is 0 Å². The molecule has 3 rings (SSSR count). The van der Waals surface area contributed by atoms with Crippen LogP contribution in [0.1, 0.15) is 17.3 Å². The van der Waals surface area contributed by atoms with Gasteiger partial charge in [0.2, 0.25) is 10.0 Å². The molecule has 2 aromatic carbocycles. The van der Waals surface area contributed by atoms with E-state index in [0.29, 0.717) is 49.1 Å². The van der Waals surface area contributed by atoms with Crippen LogP contribution in [0.5, 0.6) is 5.75 Å². The quantitative estimate of drug-likeness (QED) is 0.667. The van der Waals surface area contributed by atoms with Crippen molar-refractivity contribution >= 4 is 33.2 Å². The lowest BCUT2D eigenvalue weighted by Gasteiger charge is -2.35. The molecule has 1 amide bonds. The van der Waals surface area contributed by atoms with Crippen LogP contribution in [0.15, 0.2) is 48.5 Å². The van der Waals surface area contributed by atoms with Gasteiger partial charge in [-0.1, -0.05) is 23.7 Å². The van der Waals surface area contributed by atoms with Gasteiger partial charge in [0, 0.05) is 38.3 Å². The Kier molecular flexibility index (Phi) is 7.58. The molecule has 0 spiro atoms. The summed E-state index contributed by atoms with van der Waals surface area (Å²) in [6.45, 7) is 4.41. The molecule has 162 valence electrons. The molecule has 0 unspecified atom stereocenters. The van der Waals surface area contributed by atoms with Crippen molar-refractivity contribution in [3.05, 3.63) is 59.1 Å². The number of hydrogen-bond acceptors (Lipinski definition) is 5. The first kappa shape index (κ1) is 22.4. The third-order valence-corrected chi connectivity index (χ3v) is 7.09. The summed E-state index contributed by atoms with van der Waals surface area (Å²) in [5, 5.41) is 3.33. The summed E-state index contributed by atoms with van der Waals surface area (Å²) in [5.74, 6) is 0.242. The molecule has 7 nitrogen and oxygen atoms in total. The fourth-order valence-electron chi connectivity index (χ4n) is 3.31. The van der Waals surface area contributed by atoms with E-state index in [2.05, 4.69) is 10.2 Å². The number of sulfonamides is 1. The Labute approximate surface area is 182 Å². The summed E-state index contributed by atoms with van der Waals surface area (Å²) in [6, 6.07) is 14.3. The number of ether oxygens (including phenoxy) is 1. The van der Waals surface area contributed by atoms with Gasteiger partial charge in [-0.25, -0.2) is 8.42 Å². The van der Waals surface area contributed by atoms with E-state index in [1.807, 2.05) is 31.2 Å². The molecule has 1 fully saturated rings. The number of carbonyl (C=O) groups is 1. The lowest BCUT2D eigenvalue weighted by atomic mass is 10.2. The first-order valence-electron chi connectivity index (χ1n) is 9.89. The summed E-state index contributed by atoms with van der Waals surface area (Å²) >= 11 is 6.24. The summed E-state index contributed by atoms with van der Waals surface area (Å²) in [4.78, 5) is 14.3. The van der Waals surface area contributed by atoms with Crippen molar-refractivity contribution in [2.45, 2.75) is 6.92 Å². The average Bonchev–Trinajstić information content (AvgIpc) is 2.75. The van der Waals surface area contributed by atoms with Gasteiger partial charge in [0.05, 0.1) is 23.1 Å². The van der Waals surface area contributed by atoms with Crippen LogP contribution in [0.4, 0.5) is 5.69 Å². The van der Waals surface area contributed by atoms with Crippen LogP contribution >= 0.6 is 11.6 Å². The molecule has 0 saturated carbocycles. The maximum absolute atomic E-state index is 12.6. The van der Waals surface area contributed by atoms with Crippen LogP contribution in [-0.2, 0) is 10.0 Å². The second-order valence-electron chi connectivity index (χ2n) is 6.87. The summed E-state index contributed by atoms with van der Waals surface area (Å²) in [6.07, 6.45) is 0. The number of piperazine rings is 1. The van der Waals surface area contributed by atoms with Crippen molar-refractivity contribution in [2.75, 3.05) is 50.0 Å². The van der Waals surface area contributed by atoms with E-state index in [-0.39, 0.29) is 18.2 Å². The number of halogens is 1. The molecule has 0 radical (unpaired) electrons. The molecule has 0 atom stereocenters. The number of benzene rings is 2. The van der Waals surface area contributed by atoms with Crippen molar-refractivity contribution in [1.82, 2.24) is 9.62 Å². The second-order valence-corrected chi connectivity index (χ2v) is 9.36. The number of carbonyl (C=O) groups excluding carboxylic acids is 1. The van der Waals surface area contributed by atoms with Crippen LogP contribution in [0.25, 0.3) is 0 Å². The predicted molar refractivity (Wildman–Crippen MR) is 119 cm³/mol. The Morgan fingerprint density at radius 1 is 1.07 bits per heavy atom. The molecule has 2 aromatic rings. The minimum Gasteiger partial charge on any atom is -0.494 e. The van der Waals surface area contributed by atoms with Crippen LogP contribution in [-0.4, -0.2) is 63.7 Å². The SMILES string of the molecule is CCOc1ccc(C(=O)NCCS(=O)(=O)N2CCN(c3ccccc3Cl)CC2)cc1. The lowest BCUT2D eigenvalue weighted by molar-refractivity contribution is 0.0956. The number of amides is 1. The smallest absolute Gasteiger partial charge is 0.251 e. The van der Waals surface area contributed by atoms with Gasteiger partial charge in [0.1, 0.15) is 5.75 Å². The van der Waals surface area contributed by atoms with Crippen LogP contribution in [0.2, 0.25) is 5.02 Å². The number of nitrogens with one attached hydrogen (secondary N) is 1. The molecule has 1 aliphatic heterocycles. The molecule has 1 heterocycles. The van der Waals surface area contributed by atoms with E-state index in [9.17, 15) is 13.2 Å². The van der Waals surface area contributed by atoms with Gasteiger partial charge in [-0.15, -0.1) is 0 Å². The van der Waals surface area contributed by atoms with Gasteiger partial charge < -0.3 is 15.0 Å². The minimum absolute atomic E-state index is 0.0547. The number of nitrogens with zero attached hydrogens (tertiary/aromatic N) is 2. The molecule has 1 N–H and O–H groups in total. The van der Waals surface area contributed by atoms with Gasteiger partial charge in [-0.05, 0) is 43.3 Å². The van der Waals surface area contributed by atoms with E-state index >= 15 is 0 Å². The fourth-order valence-corrected chi connectivity index (χ4v) is 4.90. The topological polar surface area (TPSA) is 78.9 Å². The van der Waals surface area contributed by atoms with Gasteiger partial charge in [-0.2, -0.15) is 4.31 Å². The van der Waals surface area contributed by atoms with E-state index in [0.717, 1.165) is 5.69 Å². The van der Waals surface area contributed by atoms with Gasteiger partial charge in [0.15, 0.2) is 0 Å². The molecule has 1 saturated heterocycles. The molecule has 9 heteroatoms. The minimum atomic E-state index is -3.45. The Balaban J connectivity index is 1.47. The summed E-state index contributed by atoms with van der Waals surface area (Å²) in [7, 11) is -3.45. The largest absolute Gasteiger partial charge is 0.494 e. The first-order chi connectivity index (χ1) is 14.4. The Morgan fingerprint density at radius 3 is 2.37 bits per heavy atom.